The van der Waals surface area contributed by atoms with Crippen LogP contribution in [0.2, 0.25) is 0 Å². The maximum atomic E-state index is 13.5. The second kappa shape index (κ2) is 5.27. The van der Waals surface area contributed by atoms with E-state index in [0.29, 0.717) is 13.1 Å². The Balaban J connectivity index is 3.25. The van der Waals surface area contributed by atoms with Crippen molar-refractivity contribution < 1.29 is 18.8 Å². The highest BCUT2D eigenvalue weighted by molar-refractivity contribution is 6.58. The fourth-order valence-electron chi connectivity index (χ4n) is 1.54. The summed E-state index contributed by atoms with van der Waals surface area (Å²) in [6, 6.07) is 2.03. The van der Waals surface area contributed by atoms with E-state index < -0.39 is 18.8 Å². The van der Waals surface area contributed by atoms with Gasteiger partial charge in [-0.3, -0.25) is 0 Å². The van der Waals surface area contributed by atoms with Crippen LogP contribution in [0.15, 0.2) is 12.1 Å². The lowest BCUT2D eigenvalue weighted by Gasteiger charge is -2.22. The summed E-state index contributed by atoms with van der Waals surface area (Å²) < 4.78 is 26.7. The van der Waals surface area contributed by atoms with Crippen LogP contribution in [0.5, 0.6) is 0 Å². The number of rotatable bonds is 4. The van der Waals surface area contributed by atoms with Crippen LogP contribution in [0.4, 0.5) is 14.5 Å². The smallest absolute Gasteiger partial charge is 0.423 e. The van der Waals surface area contributed by atoms with E-state index in [1.807, 2.05) is 13.8 Å². The summed E-state index contributed by atoms with van der Waals surface area (Å²) in [6.07, 6.45) is 0. The molecule has 0 radical (unpaired) electrons. The molecule has 0 bridgehead atoms. The molecule has 2 N–H and O–H groups in total. The predicted octanol–water partition coefficient (Wildman–Crippen LogP) is 0.491. The molecule has 88 valence electrons. The summed E-state index contributed by atoms with van der Waals surface area (Å²) >= 11 is 0. The molecule has 0 aliphatic heterocycles. The normalized spacial score (nSPS) is 10.4. The lowest BCUT2D eigenvalue weighted by molar-refractivity contribution is 0.425. The number of nitrogens with zero attached hydrogens (tertiary/aromatic N) is 1. The SMILES string of the molecule is CCN(CC)c1cc(B(O)O)cc(F)c1F. The van der Waals surface area contributed by atoms with E-state index in [0.717, 1.165) is 6.07 Å². The standard InChI is InChI=1S/C10H14BF2NO2/c1-3-14(4-2)9-6-7(11(15)16)5-8(12)10(9)13/h5-6,15-16H,3-4H2,1-2H3. The van der Waals surface area contributed by atoms with Crippen molar-refractivity contribution in [1.29, 1.82) is 0 Å². The van der Waals surface area contributed by atoms with E-state index in [1.165, 1.54) is 6.07 Å². The first-order valence-electron chi connectivity index (χ1n) is 5.11. The van der Waals surface area contributed by atoms with E-state index in [9.17, 15) is 8.78 Å². The average Bonchev–Trinajstić information content (AvgIpc) is 2.25. The van der Waals surface area contributed by atoms with Crippen molar-refractivity contribution in [3.05, 3.63) is 23.8 Å². The highest BCUT2D eigenvalue weighted by atomic mass is 19.2. The van der Waals surface area contributed by atoms with Crippen LogP contribution < -0.4 is 10.4 Å². The minimum atomic E-state index is -1.80. The Morgan fingerprint density at radius 1 is 1.19 bits per heavy atom. The Kier molecular flexibility index (Phi) is 4.26. The molecule has 0 atom stereocenters. The molecule has 1 rings (SSSR count). The Morgan fingerprint density at radius 3 is 2.19 bits per heavy atom. The zero-order valence-corrected chi connectivity index (χ0v) is 9.24. The van der Waals surface area contributed by atoms with Crippen molar-refractivity contribution in [1.82, 2.24) is 0 Å². The quantitative estimate of drug-likeness (QED) is 0.738. The second-order valence-electron chi connectivity index (χ2n) is 3.38. The molecular weight excluding hydrogens is 215 g/mol. The van der Waals surface area contributed by atoms with Gasteiger partial charge in [-0.1, -0.05) is 0 Å². The molecule has 16 heavy (non-hydrogen) atoms. The molecular formula is C10H14BF2NO2. The van der Waals surface area contributed by atoms with Gasteiger partial charge >= 0.3 is 7.12 Å². The zero-order valence-electron chi connectivity index (χ0n) is 9.24. The highest BCUT2D eigenvalue weighted by Crippen LogP contribution is 2.20. The highest BCUT2D eigenvalue weighted by Gasteiger charge is 2.19. The van der Waals surface area contributed by atoms with Gasteiger partial charge in [-0.05, 0) is 31.4 Å². The van der Waals surface area contributed by atoms with Gasteiger partial charge in [-0.15, -0.1) is 0 Å². The van der Waals surface area contributed by atoms with Gasteiger partial charge in [0.15, 0.2) is 11.6 Å². The van der Waals surface area contributed by atoms with Gasteiger partial charge < -0.3 is 14.9 Å². The molecule has 0 aliphatic rings. The van der Waals surface area contributed by atoms with Gasteiger partial charge in [0, 0.05) is 13.1 Å². The van der Waals surface area contributed by atoms with Gasteiger partial charge in [-0.25, -0.2) is 8.78 Å². The monoisotopic (exact) mass is 229 g/mol. The van der Waals surface area contributed by atoms with E-state index in [4.69, 9.17) is 10.0 Å². The van der Waals surface area contributed by atoms with Crippen molar-refractivity contribution in [2.75, 3.05) is 18.0 Å². The Hall–Kier alpha value is -1.14. The fourth-order valence-corrected chi connectivity index (χ4v) is 1.54. The molecule has 0 aliphatic carbocycles. The number of halogens is 2. The van der Waals surface area contributed by atoms with Gasteiger partial charge in [0.2, 0.25) is 0 Å². The number of anilines is 1. The number of benzene rings is 1. The molecule has 6 heteroatoms. The summed E-state index contributed by atoms with van der Waals surface area (Å²) in [6.45, 7) is 4.64. The third kappa shape index (κ3) is 2.51. The molecule has 0 saturated carbocycles. The van der Waals surface area contributed by atoms with Crippen molar-refractivity contribution in [2.24, 2.45) is 0 Å². The lowest BCUT2D eigenvalue weighted by atomic mass is 9.80. The summed E-state index contributed by atoms with van der Waals surface area (Å²) in [5, 5.41) is 17.9. The summed E-state index contributed by atoms with van der Waals surface area (Å²) in [7, 11) is -1.80. The first kappa shape index (κ1) is 12.9. The predicted molar refractivity (Wildman–Crippen MR) is 59.7 cm³/mol. The van der Waals surface area contributed by atoms with Crippen LogP contribution in [0.3, 0.4) is 0 Å². The molecule has 0 fully saturated rings. The molecule has 1 aromatic carbocycles. The number of hydrogen-bond acceptors (Lipinski definition) is 3. The maximum Gasteiger partial charge on any atom is 0.488 e. The molecule has 1 aromatic rings. The fraction of sp³-hybridized carbons (Fsp3) is 0.400. The molecule has 0 unspecified atom stereocenters. The largest absolute Gasteiger partial charge is 0.488 e. The topological polar surface area (TPSA) is 43.7 Å². The van der Waals surface area contributed by atoms with E-state index >= 15 is 0 Å². The first-order valence-corrected chi connectivity index (χ1v) is 5.11. The summed E-state index contributed by atoms with van der Waals surface area (Å²) in [5.74, 6) is -2.04. The van der Waals surface area contributed by atoms with Crippen LogP contribution in [0.25, 0.3) is 0 Å². The minimum Gasteiger partial charge on any atom is -0.423 e. The molecule has 3 nitrogen and oxygen atoms in total. The second-order valence-corrected chi connectivity index (χ2v) is 3.38. The van der Waals surface area contributed by atoms with E-state index in [-0.39, 0.29) is 11.2 Å². The Labute approximate surface area is 93.5 Å². The third-order valence-electron chi connectivity index (χ3n) is 2.43. The van der Waals surface area contributed by atoms with Crippen molar-refractivity contribution in [3.63, 3.8) is 0 Å². The van der Waals surface area contributed by atoms with Gasteiger partial charge in [0.25, 0.3) is 0 Å². The van der Waals surface area contributed by atoms with Crippen LogP contribution in [0.1, 0.15) is 13.8 Å². The van der Waals surface area contributed by atoms with Gasteiger partial charge in [-0.2, -0.15) is 0 Å². The summed E-state index contributed by atoms with van der Waals surface area (Å²) in [4.78, 5) is 1.60. The van der Waals surface area contributed by atoms with E-state index in [2.05, 4.69) is 0 Å². The van der Waals surface area contributed by atoms with Crippen LogP contribution in [-0.4, -0.2) is 30.3 Å². The minimum absolute atomic E-state index is 0.0492. The number of hydrogen-bond donors (Lipinski definition) is 2. The van der Waals surface area contributed by atoms with Crippen molar-refractivity contribution in [2.45, 2.75) is 13.8 Å². The molecule has 0 spiro atoms. The van der Waals surface area contributed by atoms with Crippen LogP contribution in [-0.2, 0) is 0 Å². The van der Waals surface area contributed by atoms with Crippen molar-refractivity contribution >= 4 is 18.3 Å². The molecule has 0 amide bonds. The molecule has 0 aromatic heterocycles. The van der Waals surface area contributed by atoms with E-state index in [1.54, 1.807) is 4.90 Å². The van der Waals surface area contributed by atoms with Crippen LogP contribution in [0, 0.1) is 11.6 Å². The van der Waals surface area contributed by atoms with Crippen molar-refractivity contribution in [3.8, 4) is 0 Å². The van der Waals surface area contributed by atoms with Gasteiger partial charge in [0.1, 0.15) is 0 Å². The van der Waals surface area contributed by atoms with Crippen LogP contribution >= 0.6 is 0 Å². The first-order chi connectivity index (χ1) is 7.51. The molecule has 0 saturated heterocycles. The maximum absolute atomic E-state index is 13.5. The average molecular weight is 229 g/mol. The Bertz CT molecular complexity index is 370. The zero-order chi connectivity index (χ0) is 12.3. The third-order valence-corrected chi connectivity index (χ3v) is 2.43. The molecule has 0 heterocycles. The van der Waals surface area contributed by atoms with Gasteiger partial charge in [0.05, 0.1) is 5.69 Å². The summed E-state index contributed by atoms with van der Waals surface area (Å²) in [5.41, 5.74) is -0.00565. The lowest BCUT2D eigenvalue weighted by Crippen LogP contribution is -2.33. The Morgan fingerprint density at radius 2 is 1.75 bits per heavy atom.